The first-order valence-electron chi connectivity index (χ1n) is 5.64. The summed E-state index contributed by atoms with van der Waals surface area (Å²) in [5, 5.41) is 0.892. The Labute approximate surface area is 99.8 Å². The Hall–Kier alpha value is -1.68. The van der Waals surface area contributed by atoms with Crippen LogP contribution in [-0.4, -0.2) is 4.98 Å². The van der Waals surface area contributed by atoms with Gasteiger partial charge in [0.15, 0.2) is 0 Å². The highest BCUT2D eigenvalue weighted by Crippen LogP contribution is 2.30. The van der Waals surface area contributed by atoms with Crippen LogP contribution in [0.2, 0.25) is 0 Å². The number of nitrogen functional groups attached to an aromatic ring is 1. The van der Waals surface area contributed by atoms with Gasteiger partial charge in [-0.15, -0.1) is 0 Å². The van der Waals surface area contributed by atoms with Crippen molar-refractivity contribution in [3.8, 4) is 0 Å². The van der Waals surface area contributed by atoms with Crippen LogP contribution >= 0.6 is 0 Å². The van der Waals surface area contributed by atoms with E-state index in [1.54, 1.807) is 0 Å². The molecule has 2 aromatic rings. The van der Waals surface area contributed by atoms with Crippen LogP contribution in [0.4, 0.5) is 10.1 Å². The van der Waals surface area contributed by atoms with Crippen LogP contribution in [0.1, 0.15) is 23.7 Å². The summed E-state index contributed by atoms with van der Waals surface area (Å²) in [6, 6.07) is 2.94. The molecule has 17 heavy (non-hydrogen) atoms. The van der Waals surface area contributed by atoms with E-state index in [1.165, 1.54) is 12.1 Å². The fourth-order valence-corrected chi connectivity index (χ4v) is 2.22. The Morgan fingerprint density at radius 2 is 2.06 bits per heavy atom. The molecule has 4 heteroatoms. The van der Waals surface area contributed by atoms with Crippen LogP contribution in [0.3, 0.4) is 0 Å². The van der Waals surface area contributed by atoms with E-state index < -0.39 is 0 Å². The molecule has 0 aliphatic rings. The second kappa shape index (κ2) is 4.30. The molecule has 0 spiro atoms. The van der Waals surface area contributed by atoms with E-state index in [0.29, 0.717) is 5.52 Å². The number of halogens is 1. The van der Waals surface area contributed by atoms with Gasteiger partial charge in [0.1, 0.15) is 5.82 Å². The molecule has 0 saturated heterocycles. The number of hydrogen-bond donors (Lipinski definition) is 2. The smallest absolute Gasteiger partial charge is 0.125 e. The molecule has 0 atom stereocenters. The average Bonchev–Trinajstić information content (AvgIpc) is 2.29. The van der Waals surface area contributed by atoms with Gasteiger partial charge in [-0.1, -0.05) is 6.92 Å². The van der Waals surface area contributed by atoms with Crippen LogP contribution in [0, 0.1) is 19.7 Å². The van der Waals surface area contributed by atoms with Gasteiger partial charge in [-0.3, -0.25) is 10.8 Å². The first kappa shape index (κ1) is 11.8. The van der Waals surface area contributed by atoms with Crippen LogP contribution < -0.4 is 11.3 Å². The number of nitrogens with two attached hydrogens (primary N) is 1. The predicted molar refractivity (Wildman–Crippen MR) is 68.4 cm³/mol. The molecule has 0 radical (unpaired) electrons. The number of rotatable bonds is 2. The lowest BCUT2D eigenvalue weighted by Crippen LogP contribution is -2.11. The highest BCUT2D eigenvalue weighted by atomic mass is 19.1. The molecule has 0 aliphatic heterocycles. The number of hydrogen-bond acceptors (Lipinski definition) is 3. The normalized spacial score (nSPS) is 10.9. The molecule has 0 fully saturated rings. The summed E-state index contributed by atoms with van der Waals surface area (Å²) in [4.78, 5) is 4.49. The van der Waals surface area contributed by atoms with Crippen LogP contribution in [0.25, 0.3) is 10.9 Å². The molecule has 3 N–H and O–H groups in total. The number of nitrogens with zero attached hydrogens (tertiary/aromatic N) is 1. The lowest BCUT2D eigenvalue weighted by molar-refractivity contribution is 0.628. The van der Waals surface area contributed by atoms with Crippen molar-refractivity contribution in [1.29, 1.82) is 0 Å². The molecule has 0 amide bonds. The molecule has 0 aliphatic carbocycles. The van der Waals surface area contributed by atoms with E-state index in [4.69, 9.17) is 5.84 Å². The average molecular weight is 233 g/mol. The number of benzene rings is 1. The van der Waals surface area contributed by atoms with Crippen molar-refractivity contribution in [2.45, 2.75) is 27.2 Å². The highest BCUT2D eigenvalue weighted by Gasteiger charge is 2.12. The van der Waals surface area contributed by atoms with E-state index in [2.05, 4.69) is 10.4 Å². The van der Waals surface area contributed by atoms with Gasteiger partial charge < -0.3 is 5.43 Å². The zero-order chi connectivity index (χ0) is 12.6. The number of aromatic nitrogens is 1. The Morgan fingerprint density at radius 3 is 2.65 bits per heavy atom. The quantitative estimate of drug-likeness (QED) is 0.619. The van der Waals surface area contributed by atoms with Gasteiger partial charge in [0, 0.05) is 17.1 Å². The minimum atomic E-state index is -0.267. The first-order valence-corrected chi connectivity index (χ1v) is 5.64. The third-order valence-electron chi connectivity index (χ3n) is 3.07. The molecule has 0 bridgehead atoms. The summed E-state index contributed by atoms with van der Waals surface area (Å²) in [6.07, 6.45) is 0.798. The third kappa shape index (κ3) is 1.85. The van der Waals surface area contributed by atoms with Gasteiger partial charge in [-0.25, -0.2) is 4.39 Å². The van der Waals surface area contributed by atoms with Crippen molar-refractivity contribution in [3.63, 3.8) is 0 Å². The van der Waals surface area contributed by atoms with E-state index >= 15 is 0 Å². The van der Waals surface area contributed by atoms with Crippen LogP contribution in [0.15, 0.2) is 12.1 Å². The number of nitrogens with one attached hydrogen (secondary N) is 1. The maximum atomic E-state index is 13.4. The molecule has 3 nitrogen and oxygen atoms in total. The molecular weight excluding hydrogens is 217 g/mol. The van der Waals surface area contributed by atoms with E-state index in [1.807, 2.05) is 20.8 Å². The van der Waals surface area contributed by atoms with E-state index in [-0.39, 0.29) is 5.82 Å². The van der Waals surface area contributed by atoms with E-state index in [9.17, 15) is 4.39 Å². The zero-order valence-corrected chi connectivity index (χ0v) is 10.3. The van der Waals surface area contributed by atoms with Gasteiger partial charge in [0.05, 0.1) is 11.2 Å². The molecule has 1 aromatic carbocycles. The fraction of sp³-hybridized carbons (Fsp3) is 0.308. The Bertz CT molecular complexity index is 579. The van der Waals surface area contributed by atoms with Crippen molar-refractivity contribution in [2.75, 3.05) is 5.43 Å². The second-order valence-electron chi connectivity index (χ2n) is 4.17. The maximum absolute atomic E-state index is 13.4. The van der Waals surface area contributed by atoms with Gasteiger partial charge >= 0.3 is 0 Å². The standard InChI is InChI=1S/C13H16FN3/c1-4-10-8(3)13(17-15)12-7(2)5-9(14)6-11(12)16-10/h5-6H,4,15H2,1-3H3,(H,16,17). The first-order chi connectivity index (χ1) is 8.08. The number of aryl methyl sites for hydroxylation is 2. The van der Waals surface area contributed by atoms with Crippen molar-refractivity contribution in [1.82, 2.24) is 4.98 Å². The Morgan fingerprint density at radius 1 is 1.35 bits per heavy atom. The van der Waals surface area contributed by atoms with Gasteiger partial charge in [0.2, 0.25) is 0 Å². The Balaban J connectivity index is 2.92. The van der Waals surface area contributed by atoms with Crippen LogP contribution in [-0.2, 0) is 6.42 Å². The topological polar surface area (TPSA) is 50.9 Å². The number of anilines is 1. The summed E-state index contributed by atoms with van der Waals surface area (Å²) in [5.41, 5.74) is 7.00. The summed E-state index contributed by atoms with van der Waals surface area (Å²) >= 11 is 0. The highest BCUT2D eigenvalue weighted by molar-refractivity contribution is 5.95. The van der Waals surface area contributed by atoms with Crippen molar-refractivity contribution < 1.29 is 4.39 Å². The predicted octanol–water partition coefficient (Wildman–Crippen LogP) is 2.84. The number of hydrazine groups is 1. The minimum absolute atomic E-state index is 0.267. The largest absolute Gasteiger partial charge is 0.323 e. The summed E-state index contributed by atoms with van der Waals surface area (Å²) in [7, 11) is 0. The molecule has 2 rings (SSSR count). The number of pyridine rings is 1. The van der Waals surface area contributed by atoms with E-state index in [0.717, 1.165) is 34.3 Å². The van der Waals surface area contributed by atoms with Gasteiger partial charge in [-0.05, 0) is 37.5 Å². The maximum Gasteiger partial charge on any atom is 0.125 e. The lowest BCUT2D eigenvalue weighted by atomic mass is 10.0. The van der Waals surface area contributed by atoms with Crippen molar-refractivity contribution in [2.24, 2.45) is 5.84 Å². The molecule has 0 unspecified atom stereocenters. The SMILES string of the molecule is CCc1nc2cc(F)cc(C)c2c(NN)c1C. The molecule has 1 heterocycles. The summed E-state index contributed by atoms with van der Waals surface area (Å²) < 4.78 is 13.4. The van der Waals surface area contributed by atoms with Crippen molar-refractivity contribution in [3.05, 3.63) is 34.8 Å². The molecular formula is C13H16FN3. The minimum Gasteiger partial charge on any atom is -0.323 e. The molecule has 0 saturated carbocycles. The molecule has 1 aromatic heterocycles. The summed E-state index contributed by atoms with van der Waals surface area (Å²) in [6.45, 7) is 5.86. The van der Waals surface area contributed by atoms with Gasteiger partial charge in [-0.2, -0.15) is 0 Å². The summed E-state index contributed by atoms with van der Waals surface area (Å²) in [5.74, 6) is 5.31. The monoisotopic (exact) mass is 233 g/mol. The van der Waals surface area contributed by atoms with Crippen LogP contribution in [0.5, 0.6) is 0 Å². The Kier molecular flexibility index (Phi) is 2.98. The second-order valence-corrected chi connectivity index (χ2v) is 4.17. The third-order valence-corrected chi connectivity index (χ3v) is 3.07. The van der Waals surface area contributed by atoms with Gasteiger partial charge in [0.25, 0.3) is 0 Å². The molecule has 90 valence electrons. The van der Waals surface area contributed by atoms with Crippen molar-refractivity contribution >= 4 is 16.6 Å². The lowest BCUT2D eigenvalue weighted by Gasteiger charge is -2.14. The number of fused-ring (bicyclic) bond motifs is 1. The zero-order valence-electron chi connectivity index (χ0n) is 10.3. The fourth-order valence-electron chi connectivity index (χ4n) is 2.22.